The molecule has 0 saturated carbocycles. The zero-order chi connectivity index (χ0) is 24.1. The number of nitrogens with zero attached hydrogens (tertiary/aromatic N) is 1. The molecule has 3 rings (SSSR count). The highest BCUT2D eigenvalue weighted by Gasteiger charge is 2.44. The molecule has 2 aromatic carbocycles. The fourth-order valence-corrected chi connectivity index (χ4v) is 4.14. The first kappa shape index (κ1) is 25.0. The minimum absolute atomic E-state index is 0.00938. The molecule has 1 heterocycles. The second-order valence-corrected chi connectivity index (χ2v) is 9.58. The van der Waals surface area contributed by atoms with E-state index in [1.54, 1.807) is 18.2 Å². The van der Waals surface area contributed by atoms with Gasteiger partial charge in [-0.1, -0.05) is 53.2 Å². The van der Waals surface area contributed by atoms with Crippen LogP contribution in [0.2, 0.25) is 0 Å². The molecule has 0 spiro atoms. The number of unbranched alkanes of at least 4 members (excludes halogenated alkanes) is 1. The summed E-state index contributed by atoms with van der Waals surface area (Å²) in [6, 6.07) is 11.9. The fourth-order valence-electron chi connectivity index (χ4n) is 3.87. The number of Topliss-reactive ketones (excluding diaryl/α,β-unsaturated/α-hetero) is 1. The Morgan fingerprint density at radius 3 is 2.45 bits per heavy atom. The number of likely N-dealkylation sites (tertiary alicyclic amines) is 1. The van der Waals surface area contributed by atoms with Gasteiger partial charge in [-0.05, 0) is 54.3 Å². The number of carbonyl (C=O) groups excluding carboxylic acids is 2. The Labute approximate surface area is 204 Å². The van der Waals surface area contributed by atoms with Gasteiger partial charge in [0.15, 0.2) is 0 Å². The Kier molecular flexibility index (Phi) is 8.32. The van der Waals surface area contributed by atoms with Gasteiger partial charge in [0.05, 0.1) is 39.8 Å². The topological polar surface area (TPSA) is 74.1 Å². The summed E-state index contributed by atoms with van der Waals surface area (Å²) in [6.07, 6.45) is 1.99. The van der Waals surface area contributed by atoms with E-state index in [0.29, 0.717) is 25.3 Å². The van der Waals surface area contributed by atoms with Gasteiger partial charge in [-0.3, -0.25) is 9.59 Å². The summed E-state index contributed by atoms with van der Waals surface area (Å²) in [4.78, 5) is 28.7. The molecule has 7 heteroatoms. The summed E-state index contributed by atoms with van der Waals surface area (Å²) >= 11 is 3.42. The van der Waals surface area contributed by atoms with E-state index in [2.05, 4.69) is 22.9 Å². The van der Waals surface area contributed by atoms with Crippen molar-refractivity contribution in [1.29, 1.82) is 0 Å². The number of quaternary nitrogens is 1. The number of amides is 1. The average Bonchev–Trinajstić information content (AvgIpc) is 3.03. The molecule has 6 nitrogen and oxygen atoms in total. The molecular formula is C26H31BrN2O4. The lowest BCUT2D eigenvalue weighted by Gasteiger charge is -2.28. The Morgan fingerprint density at radius 1 is 1.15 bits per heavy atom. The molecule has 1 fully saturated rings. The predicted molar refractivity (Wildman–Crippen MR) is 130 cm³/mol. The van der Waals surface area contributed by atoms with Crippen LogP contribution in [0, 0.1) is 6.92 Å². The highest BCUT2D eigenvalue weighted by molar-refractivity contribution is 9.10. The van der Waals surface area contributed by atoms with E-state index in [4.69, 9.17) is 4.74 Å². The van der Waals surface area contributed by atoms with Crippen molar-refractivity contribution in [3.05, 3.63) is 69.2 Å². The first-order valence-corrected chi connectivity index (χ1v) is 12.1. The lowest BCUT2D eigenvalue weighted by atomic mass is 9.95. The van der Waals surface area contributed by atoms with Crippen molar-refractivity contribution in [2.24, 2.45) is 0 Å². The van der Waals surface area contributed by atoms with Gasteiger partial charge in [0.25, 0.3) is 5.91 Å². The Hall–Kier alpha value is -2.64. The van der Waals surface area contributed by atoms with Gasteiger partial charge in [-0.25, -0.2) is 0 Å². The molecule has 0 aromatic heterocycles. The minimum atomic E-state index is -0.720. The molecule has 1 saturated heterocycles. The molecule has 1 atom stereocenters. The van der Waals surface area contributed by atoms with E-state index in [1.165, 1.54) is 4.90 Å². The maximum atomic E-state index is 13.6. The number of nitrogens with one attached hydrogen (secondary N) is 1. The lowest BCUT2D eigenvalue weighted by Crippen LogP contribution is -3.06. The average molecular weight is 515 g/mol. The molecule has 1 N–H and O–H groups in total. The van der Waals surface area contributed by atoms with Crippen molar-refractivity contribution < 1.29 is 24.3 Å². The summed E-state index contributed by atoms with van der Waals surface area (Å²) in [7, 11) is 3.97. The van der Waals surface area contributed by atoms with Gasteiger partial charge in [-0.15, -0.1) is 0 Å². The summed E-state index contributed by atoms with van der Waals surface area (Å²) in [6.45, 7) is 5.64. The monoisotopic (exact) mass is 514 g/mol. The molecule has 1 unspecified atom stereocenters. The normalized spacial score (nSPS) is 17.8. The zero-order valence-corrected chi connectivity index (χ0v) is 21.2. The zero-order valence-electron chi connectivity index (χ0n) is 19.6. The van der Waals surface area contributed by atoms with Crippen LogP contribution in [0.1, 0.15) is 42.5 Å². The smallest absolute Gasteiger partial charge is 0.295 e. The van der Waals surface area contributed by atoms with Crippen LogP contribution in [0.4, 0.5) is 0 Å². The number of hydrogen-bond donors (Lipinski definition) is 1. The summed E-state index contributed by atoms with van der Waals surface area (Å²) in [5, 5.41) is 13.6. The number of aryl methyl sites for hydroxylation is 1. The second kappa shape index (κ2) is 11.0. The van der Waals surface area contributed by atoms with E-state index in [1.807, 2.05) is 45.3 Å². The van der Waals surface area contributed by atoms with Crippen LogP contribution in [0.5, 0.6) is 5.75 Å². The number of likely N-dealkylation sites (N-methyl/N-ethyl adjacent to an activating group) is 1. The summed E-state index contributed by atoms with van der Waals surface area (Å²) < 4.78 is 6.68. The number of carbonyl (C=O) groups is 2. The van der Waals surface area contributed by atoms with Crippen molar-refractivity contribution in [2.45, 2.75) is 32.7 Å². The predicted octanol–water partition coefficient (Wildman–Crippen LogP) is 2.30. The van der Waals surface area contributed by atoms with E-state index in [0.717, 1.165) is 39.1 Å². The van der Waals surface area contributed by atoms with Gasteiger partial charge in [0.1, 0.15) is 5.75 Å². The SMILES string of the molecule is CCCCOc1ccc(C([O-])=C2C(=O)C(=O)N(CC[NH+](C)C)C2c2ccc(Br)cc2)cc1C. The molecule has 0 bridgehead atoms. The van der Waals surface area contributed by atoms with Crippen LogP contribution in [-0.4, -0.2) is 50.4 Å². The van der Waals surface area contributed by atoms with Crippen molar-refractivity contribution in [1.82, 2.24) is 4.90 Å². The Balaban J connectivity index is 2.04. The van der Waals surface area contributed by atoms with Crippen LogP contribution in [0.3, 0.4) is 0 Å². The van der Waals surface area contributed by atoms with Crippen LogP contribution in [0.25, 0.3) is 5.76 Å². The van der Waals surface area contributed by atoms with Crippen LogP contribution in [0.15, 0.2) is 52.5 Å². The fraction of sp³-hybridized carbons (Fsp3) is 0.385. The van der Waals surface area contributed by atoms with E-state index in [9.17, 15) is 14.7 Å². The van der Waals surface area contributed by atoms with Crippen LogP contribution >= 0.6 is 15.9 Å². The van der Waals surface area contributed by atoms with Crippen molar-refractivity contribution in [2.75, 3.05) is 33.8 Å². The van der Waals surface area contributed by atoms with E-state index in [-0.39, 0.29) is 5.57 Å². The maximum absolute atomic E-state index is 13.6. The maximum Gasteiger partial charge on any atom is 0.295 e. The number of hydrogen-bond acceptors (Lipinski definition) is 4. The van der Waals surface area contributed by atoms with Gasteiger partial charge in [0, 0.05) is 10.0 Å². The van der Waals surface area contributed by atoms with Gasteiger partial charge >= 0.3 is 0 Å². The van der Waals surface area contributed by atoms with E-state index < -0.39 is 23.5 Å². The number of rotatable bonds is 9. The Morgan fingerprint density at radius 2 is 1.85 bits per heavy atom. The molecule has 1 aliphatic rings. The number of benzene rings is 2. The standard InChI is InChI=1S/C26H31BrN2O4/c1-5-6-15-33-21-12-9-19(16-17(21)2)24(30)22-23(18-7-10-20(27)11-8-18)29(14-13-28(3)4)26(32)25(22)31/h7-12,16,23,30H,5-6,13-15H2,1-4H3. The molecule has 1 aliphatic heterocycles. The van der Waals surface area contributed by atoms with Crippen molar-refractivity contribution >= 4 is 33.4 Å². The summed E-state index contributed by atoms with van der Waals surface area (Å²) in [5.74, 6) is -1.03. The number of ether oxygens (including phenoxy) is 1. The molecule has 176 valence electrons. The molecular weight excluding hydrogens is 484 g/mol. The lowest BCUT2D eigenvalue weighted by molar-refractivity contribution is -0.857. The molecule has 0 radical (unpaired) electrons. The minimum Gasteiger partial charge on any atom is -0.872 e. The van der Waals surface area contributed by atoms with Gasteiger partial charge in [0.2, 0.25) is 5.78 Å². The highest BCUT2D eigenvalue weighted by Crippen LogP contribution is 2.39. The largest absolute Gasteiger partial charge is 0.872 e. The van der Waals surface area contributed by atoms with Gasteiger partial charge < -0.3 is 19.6 Å². The Bertz CT molecular complexity index is 1050. The summed E-state index contributed by atoms with van der Waals surface area (Å²) in [5.41, 5.74) is 1.96. The van der Waals surface area contributed by atoms with Crippen molar-refractivity contribution in [3.63, 3.8) is 0 Å². The molecule has 0 aliphatic carbocycles. The van der Waals surface area contributed by atoms with Crippen LogP contribution < -0.4 is 14.7 Å². The molecule has 1 amide bonds. The van der Waals surface area contributed by atoms with Crippen molar-refractivity contribution in [3.8, 4) is 5.75 Å². The van der Waals surface area contributed by atoms with Crippen LogP contribution in [-0.2, 0) is 9.59 Å². The molecule has 33 heavy (non-hydrogen) atoms. The quantitative estimate of drug-likeness (QED) is 0.241. The highest BCUT2D eigenvalue weighted by atomic mass is 79.9. The number of halogens is 1. The van der Waals surface area contributed by atoms with E-state index >= 15 is 0 Å². The van der Waals surface area contributed by atoms with Gasteiger partial charge in [-0.2, -0.15) is 0 Å². The first-order valence-electron chi connectivity index (χ1n) is 11.3. The first-order chi connectivity index (χ1) is 15.7. The molecule has 2 aromatic rings. The second-order valence-electron chi connectivity index (χ2n) is 8.66. The third-order valence-electron chi connectivity index (χ3n) is 5.76. The third kappa shape index (κ3) is 5.65. The third-order valence-corrected chi connectivity index (χ3v) is 6.29. The number of ketones is 1.